The normalized spacial score (nSPS) is 11.7. The number of benzene rings is 1. The van der Waals surface area contributed by atoms with Crippen LogP contribution in [0.1, 0.15) is 23.6 Å². The van der Waals surface area contributed by atoms with Gasteiger partial charge in [0.05, 0.1) is 17.3 Å². The Bertz CT molecular complexity index is 605. The SMILES string of the molecule is O=C(NCc1ccc(Cl)cn1)NCC(CCO)c1ccccc1. The molecule has 0 saturated carbocycles. The Labute approximate surface area is 140 Å². The standard InChI is InChI=1S/C17H20ClN3O2/c18-15-6-7-16(19-11-15)12-21-17(23)20-10-14(8-9-22)13-4-2-1-3-5-13/h1-7,11,14,22H,8-10,12H2,(H2,20,21,23). The van der Waals surface area contributed by atoms with Gasteiger partial charge in [-0.15, -0.1) is 0 Å². The van der Waals surface area contributed by atoms with Crippen LogP contribution in [0.5, 0.6) is 0 Å². The van der Waals surface area contributed by atoms with Gasteiger partial charge < -0.3 is 15.7 Å². The number of halogens is 1. The number of amides is 2. The lowest BCUT2D eigenvalue weighted by atomic mass is 9.96. The lowest BCUT2D eigenvalue weighted by Gasteiger charge is -2.17. The molecule has 2 aromatic rings. The first-order valence-corrected chi connectivity index (χ1v) is 7.84. The molecule has 3 N–H and O–H groups in total. The van der Waals surface area contributed by atoms with E-state index >= 15 is 0 Å². The zero-order chi connectivity index (χ0) is 16.5. The summed E-state index contributed by atoms with van der Waals surface area (Å²) in [5.74, 6) is 0.0839. The Morgan fingerprint density at radius 3 is 2.61 bits per heavy atom. The average Bonchev–Trinajstić information content (AvgIpc) is 2.59. The Morgan fingerprint density at radius 2 is 1.96 bits per heavy atom. The van der Waals surface area contributed by atoms with Crippen molar-refractivity contribution in [2.45, 2.75) is 18.9 Å². The number of urea groups is 1. The molecule has 23 heavy (non-hydrogen) atoms. The van der Waals surface area contributed by atoms with Gasteiger partial charge in [0.2, 0.25) is 0 Å². The lowest BCUT2D eigenvalue weighted by Crippen LogP contribution is -2.37. The number of nitrogens with one attached hydrogen (secondary N) is 2. The molecule has 0 aliphatic heterocycles. The molecule has 1 heterocycles. The molecule has 1 atom stereocenters. The van der Waals surface area contributed by atoms with Gasteiger partial charge in [0.25, 0.3) is 0 Å². The lowest BCUT2D eigenvalue weighted by molar-refractivity contribution is 0.237. The highest BCUT2D eigenvalue weighted by Gasteiger charge is 2.12. The molecule has 0 fully saturated rings. The summed E-state index contributed by atoms with van der Waals surface area (Å²) in [4.78, 5) is 16.0. The maximum atomic E-state index is 11.9. The summed E-state index contributed by atoms with van der Waals surface area (Å²) in [6.45, 7) is 0.876. The number of carbonyl (C=O) groups is 1. The average molecular weight is 334 g/mol. The predicted octanol–water partition coefficient (Wildman–Crippen LogP) is 2.70. The number of aromatic nitrogens is 1. The van der Waals surface area contributed by atoms with Crippen molar-refractivity contribution >= 4 is 17.6 Å². The van der Waals surface area contributed by atoms with Crippen LogP contribution in [0, 0.1) is 0 Å². The van der Waals surface area contributed by atoms with Crippen molar-refractivity contribution in [3.8, 4) is 0 Å². The van der Waals surface area contributed by atoms with Gasteiger partial charge in [-0.25, -0.2) is 4.79 Å². The van der Waals surface area contributed by atoms with Gasteiger partial charge in [0.1, 0.15) is 0 Å². The molecule has 0 aliphatic carbocycles. The van der Waals surface area contributed by atoms with Gasteiger partial charge in [-0.1, -0.05) is 41.9 Å². The van der Waals surface area contributed by atoms with E-state index in [2.05, 4.69) is 15.6 Å². The first-order chi connectivity index (χ1) is 11.2. The Kier molecular flexibility index (Phi) is 6.84. The van der Waals surface area contributed by atoms with Gasteiger partial charge in [0, 0.05) is 25.3 Å². The third-order valence-corrected chi connectivity index (χ3v) is 3.70. The minimum Gasteiger partial charge on any atom is -0.396 e. The van der Waals surface area contributed by atoms with E-state index in [-0.39, 0.29) is 18.6 Å². The van der Waals surface area contributed by atoms with Crippen molar-refractivity contribution < 1.29 is 9.90 Å². The van der Waals surface area contributed by atoms with E-state index in [9.17, 15) is 9.90 Å². The quantitative estimate of drug-likeness (QED) is 0.729. The molecular formula is C17H20ClN3O2. The van der Waals surface area contributed by atoms with Crippen molar-refractivity contribution in [2.24, 2.45) is 0 Å². The number of pyridine rings is 1. The molecule has 0 spiro atoms. The molecule has 0 radical (unpaired) electrons. The smallest absolute Gasteiger partial charge is 0.315 e. The highest BCUT2D eigenvalue weighted by Crippen LogP contribution is 2.18. The molecular weight excluding hydrogens is 314 g/mol. The highest BCUT2D eigenvalue weighted by molar-refractivity contribution is 6.30. The van der Waals surface area contributed by atoms with E-state index < -0.39 is 0 Å². The summed E-state index contributed by atoms with van der Waals surface area (Å²) < 4.78 is 0. The summed E-state index contributed by atoms with van der Waals surface area (Å²) in [5.41, 5.74) is 1.83. The van der Waals surface area contributed by atoms with Crippen molar-refractivity contribution in [2.75, 3.05) is 13.2 Å². The topological polar surface area (TPSA) is 74.2 Å². The number of aliphatic hydroxyl groups excluding tert-OH is 1. The second-order valence-corrected chi connectivity index (χ2v) is 5.59. The molecule has 2 amide bonds. The predicted molar refractivity (Wildman–Crippen MR) is 90.4 cm³/mol. The van der Waals surface area contributed by atoms with Crippen LogP contribution < -0.4 is 10.6 Å². The monoisotopic (exact) mass is 333 g/mol. The van der Waals surface area contributed by atoms with Crippen molar-refractivity contribution in [1.29, 1.82) is 0 Å². The Balaban J connectivity index is 1.80. The van der Waals surface area contributed by atoms with Crippen molar-refractivity contribution in [3.05, 3.63) is 64.9 Å². The summed E-state index contributed by atoms with van der Waals surface area (Å²) in [6.07, 6.45) is 2.15. The minimum atomic E-state index is -0.263. The van der Waals surface area contributed by atoms with Crippen LogP contribution in [0.15, 0.2) is 48.7 Å². The van der Waals surface area contributed by atoms with Crippen molar-refractivity contribution in [1.82, 2.24) is 15.6 Å². The summed E-state index contributed by atoms with van der Waals surface area (Å²) in [5, 5.41) is 15.3. The molecule has 6 heteroatoms. The molecule has 1 aromatic heterocycles. The summed E-state index contributed by atoms with van der Waals surface area (Å²) in [6, 6.07) is 13.1. The first-order valence-electron chi connectivity index (χ1n) is 7.47. The highest BCUT2D eigenvalue weighted by atomic mass is 35.5. The van der Waals surface area contributed by atoms with E-state index in [0.717, 1.165) is 11.3 Å². The van der Waals surface area contributed by atoms with E-state index in [4.69, 9.17) is 11.6 Å². The van der Waals surface area contributed by atoms with Crippen LogP contribution in [-0.2, 0) is 6.54 Å². The Morgan fingerprint density at radius 1 is 1.17 bits per heavy atom. The first kappa shape index (κ1) is 17.2. The minimum absolute atomic E-state index is 0.0809. The van der Waals surface area contributed by atoms with Gasteiger partial charge in [-0.05, 0) is 24.1 Å². The molecule has 5 nitrogen and oxygen atoms in total. The summed E-state index contributed by atoms with van der Waals surface area (Å²) in [7, 11) is 0. The maximum absolute atomic E-state index is 11.9. The molecule has 122 valence electrons. The number of hydrogen-bond donors (Lipinski definition) is 3. The fourth-order valence-electron chi connectivity index (χ4n) is 2.23. The van der Waals surface area contributed by atoms with Crippen LogP contribution >= 0.6 is 11.6 Å². The zero-order valence-electron chi connectivity index (χ0n) is 12.7. The Hall–Kier alpha value is -2.11. The van der Waals surface area contributed by atoms with E-state index in [1.165, 1.54) is 0 Å². The van der Waals surface area contributed by atoms with Crippen LogP contribution in [-0.4, -0.2) is 29.3 Å². The van der Waals surface area contributed by atoms with Crippen LogP contribution in [0.3, 0.4) is 0 Å². The van der Waals surface area contributed by atoms with Crippen molar-refractivity contribution in [3.63, 3.8) is 0 Å². The molecule has 0 bridgehead atoms. The molecule has 1 unspecified atom stereocenters. The van der Waals surface area contributed by atoms with Gasteiger partial charge in [-0.3, -0.25) is 4.98 Å². The second kappa shape index (κ2) is 9.12. The van der Waals surface area contributed by atoms with Gasteiger partial charge in [0.15, 0.2) is 0 Å². The number of carbonyl (C=O) groups excluding carboxylic acids is 1. The van der Waals surface area contributed by atoms with E-state index in [0.29, 0.717) is 24.5 Å². The number of nitrogens with zero attached hydrogens (tertiary/aromatic N) is 1. The maximum Gasteiger partial charge on any atom is 0.315 e. The fourth-order valence-corrected chi connectivity index (χ4v) is 2.34. The number of hydrogen-bond acceptors (Lipinski definition) is 3. The van der Waals surface area contributed by atoms with Gasteiger partial charge >= 0.3 is 6.03 Å². The number of aliphatic hydroxyl groups is 1. The molecule has 1 aromatic carbocycles. The third-order valence-electron chi connectivity index (χ3n) is 3.48. The fraction of sp³-hybridized carbons (Fsp3) is 0.294. The zero-order valence-corrected chi connectivity index (χ0v) is 13.5. The largest absolute Gasteiger partial charge is 0.396 e. The van der Waals surface area contributed by atoms with Crippen LogP contribution in [0.2, 0.25) is 5.02 Å². The molecule has 0 saturated heterocycles. The second-order valence-electron chi connectivity index (χ2n) is 5.15. The van der Waals surface area contributed by atoms with Gasteiger partial charge in [-0.2, -0.15) is 0 Å². The van der Waals surface area contributed by atoms with Crippen LogP contribution in [0.25, 0.3) is 0 Å². The molecule has 2 rings (SSSR count). The third kappa shape index (κ3) is 5.88. The number of rotatable bonds is 7. The van der Waals surface area contributed by atoms with Crippen LogP contribution in [0.4, 0.5) is 4.79 Å². The van der Waals surface area contributed by atoms with E-state index in [1.54, 1.807) is 18.3 Å². The van der Waals surface area contributed by atoms with E-state index in [1.807, 2.05) is 30.3 Å². The summed E-state index contributed by atoms with van der Waals surface area (Å²) >= 11 is 5.76. The molecule has 0 aliphatic rings.